The maximum Gasteiger partial charge on any atom is 0.326 e. The summed E-state index contributed by atoms with van der Waals surface area (Å²) in [6.45, 7) is 4.31. The highest BCUT2D eigenvalue weighted by molar-refractivity contribution is 9.10. The van der Waals surface area contributed by atoms with Gasteiger partial charge >= 0.3 is 5.97 Å². The lowest BCUT2D eigenvalue weighted by molar-refractivity contribution is -0.143. The van der Waals surface area contributed by atoms with Crippen LogP contribution in [0.5, 0.6) is 0 Å². The fraction of sp³-hybridized carbons (Fsp3) is 0.467. The lowest BCUT2D eigenvalue weighted by Crippen LogP contribution is -2.48. The number of piperidine rings is 1. The second-order valence-corrected chi connectivity index (χ2v) is 6.12. The van der Waals surface area contributed by atoms with Gasteiger partial charge in [-0.05, 0) is 56.4 Å². The molecule has 1 aliphatic rings. The Bertz CT molecular complexity index is 556. The first-order chi connectivity index (χ1) is 9.41. The summed E-state index contributed by atoms with van der Waals surface area (Å²) in [5, 5.41) is 9.27. The normalized spacial score (nSPS) is 18.9. The maximum atomic E-state index is 12.6. The molecule has 1 fully saturated rings. The van der Waals surface area contributed by atoms with Crippen molar-refractivity contribution in [3.8, 4) is 0 Å². The summed E-state index contributed by atoms with van der Waals surface area (Å²) in [4.78, 5) is 25.5. The van der Waals surface area contributed by atoms with E-state index in [0.29, 0.717) is 18.5 Å². The number of halogens is 1. The van der Waals surface area contributed by atoms with Gasteiger partial charge in [0.15, 0.2) is 0 Å². The molecule has 1 heterocycles. The van der Waals surface area contributed by atoms with Gasteiger partial charge in [0.2, 0.25) is 0 Å². The smallest absolute Gasteiger partial charge is 0.326 e. The van der Waals surface area contributed by atoms with E-state index in [4.69, 9.17) is 0 Å². The molecule has 0 unspecified atom stereocenters. The third kappa shape index (κ3) is 2.87. The van der Waals surface area contributed by atoms with Crippen LogP contribution in [0.15, 0.2) is 16.6 Å². The Morgan fingerprint density at radius 1 is 1.25 bits per heavy atom. The molecule has 108 valence electrons. The van der Waals surface area contributed by atoms with Crippen LogP contribution in [0.2, 0.25) is 0 Å². The van der Waals surface area contributed by atoms with Crippen molar-refractivity contribution in [1.82, 2.24) is 4.90 Å². The average molecular weight is 340 g/mol. The van der Waals surface area contributed by atoms with Crippen molar-refractivity contribution in [1.29, 1.82) is 0 Å². The summed E-state index contributed by atoms with van der Waals surface area (Å²) >= 11 is 3.44. The van der Waals surface area contributed by atoms with Crippen LogP contribution >= 0.6 is 15.9 Å². The predicted molar refractivity (Wildman–Crippen MR) is 79.9 cm³/mol. The minimum absolute atomic E-state index is 0.176. The third-order valence-electron chi connectivity index (χ3n) is 3.78. The number of nitrogens with zero attached hydrogens (tertiary/aromatic N) is 1. The molecule has 1 atom stereocenters. The van der Waals surface area contributed by atoms with Crippen LogP contribution in [-0.4, -0.2) is 34.5 Å². The number of likely N-dealkylation sites (tertiary alicyclic amines) is 1. The van der Waals surface area contributed by atoms with Crippen molar-refractivity contribution in [2.45, 2.75) is 39.2 Å². The van der Waals surface area contributed by atoms with E-state index < -0.39 is 12.0 Å². The molecule has 0 radical (unpaired) electrons. The third-order valence-corrected chi connectivity index (χ3v) is 4.64. The highest BCUT2D eigenvalue weighted by Gasteiger charge is 2.33. The number of rotatable bonds is 2. The minimum atomic E-state index is -0.912. The summed E-state index contributed by atoms with van der Waals surface area (Å²) in [6, 6.07) is 3.04. The van der Waals surface area contributed by atoms with E-state index in [1.54, 1.807) is 0 Å². The maximum absolute atomic E-state index is 12.6. The molecule has 1 aliphatic heterocycles. The predicted octanol–water partition coefficient (Wildman–Crippen LogP) is 3.15. The lowest BCUT2D eigenvalue weighted by atomic mass is 9.98. The summed E-state index contributed by atoms with van der Waals surface area (Å²) in [5.74, 6) is -1.09. The molecule has 4 nitrogen and oxygen atoms in total. The van der Waals surface area contributed by atoms with Crippen molar-refractivity contribution >= 4 is 27.8 Å². The Morgan fingerprint density at radius 2 is 1.95 bits per heavy atom. The number of aryl methyl sites for hydroxylation is 2. The number of amides is 1. The van der Waals surface area contributed by atoms with Crippen LogP contribution in [0.4, 0.5) is 0 Å². The molecule has 20 heavy (non-hydrogen) atoms. The van der Waals surface area contributed by atoms with E-state index in [9.17, 15) is 14.7 Å². The van der Waals surface area contributed by atoms with Crippen LogP contribution < -0.4 is 0 Å². The monoisotopic (exact) mass is 339 g/mol. The largest absolute Gasteiger partial charge is 0.480 e. The molecule has 5 heteroatoms. The first-order valence-electron chi connectivity index (χ1n) is 6.72. The van der Waals surface area contributed by atoms with E-state index in [1.807, 2.05) is 26.0 Å². The van der Waals surface area contributed by atoms with Crippen molar-refractivity contribution in [2.75, 3.05) is 6.54 Å². The van der Waals surface area contributed by atoms with Crippen molar-refractivity contribution in [2.24, 2.45) is 0 Å². The van der Waals surface area contributed by atoms with Gasteiger partial charge in [-0.2, -0.15) is 0 Å². The Hall–Kier alpha value is -1.36. The molecular weight excluding hydrogens is 322 g/mol. The van der Waals surface area contributed by atoms with Crippen LogP contribution in [0.3, 0.4) is 0 Å². The summed E-state index contributed by atoms with van der Waals surface area (Å²) < 4.78 is 0.958. The van der Waals surface area contributed by atoms with Gasteiger partial charge in [0.25, 0.3) is 5.91 Å². The van der Waals surface area contributed by atoms with Gasteiger partial charge in [0.05, 0.1) is 0 Å². The van der Waals surface area contributed by atoms with Crippen LogP contribution in [0.1, 0.15) is 40.7 Å². The van der Waals surface area contributed by atoms with E-state index in [0.717, 1.165) is 28.4 Å². The second kappa shape index (κ2) is 5.95. The molecule has 1 saturated heterocycles. The van der Waals surface area contributed by atoms with E-state index in [2.05, 4.69) is 15.9 Å². The number of carbonyl (C=O) groups excluding carboxylic acids is 1. The fourth-order valence-electron chi connectivity index (χ4n) is 2.60. The molecule has 1 N–H and O–H groups in total. The highest BCUT2D eigenvalue weighted by Crippen LogP contribution is 2.25. The van der Waals surface area contributed by atoms with Gasteiger partial charge in [0, 0.05) is 16.6 Å². The number of benzene rings is 1. The Labute approximate surface area is 126 Å². The zero-order chi connectivity index (χ0) is 14.9. The first-order valence-corrected chi connectivity index (χ1v) is 7.51. The Morgan fingerprint density at radius 3 is 2.60 bits per heavy atom. The molecule has 1 amide bonds. The summed E-state index contributed by atoms with van der Waals surface area (Å²) in [6.07, 6.45) is 2.26. The lowest BCUT2D eigenvalue weighted by Gasteiger charge is -2.33. The van der Waals surface area contributed by atoms with Crippen molar-refractivity contribution in [3.05, 3.63) is 33.3 Å². The van der Waals surface area contributed by atoms with Crippen molar-refractivity contribution < 1.29 is 14.7 Å². The molecule has 2 rings (SSSR count). The number of carbonyl (C=O) groups is 2. The van der Waals surface area contributed by atoms with Crippen LogP contribution in [-0.2, 0) is 4.79 Å². The number of hydrogen-bond donors (Lipinski definition) is 1. The van der Waals surface area contributed by atoms with Gasteiger partial charge in [0.1, 0.15) is 6.04 Å². The van der Waals surface area contributed by atoms with Crippen LogP contribution in [0.25, 0.3) is 0 Å². The first kappa shape index (κ1) is 15.0. The molecule has 1 aromatic rings. The van der Waals surface area contributed by atoms with Gasteiger partial charge in [-0.15, -0.1) is 0 Å². The van der Waals surface area contributed by atoms with E-state index in [-0.39, 0.29) is 5.91 Å². The van der Waals surface area contributed by atoms with Gasteiger partial charge in [-0.1, -0.05) is 15.9 Å². The Kier molecular flexibility index (Phi) is 4.48. The average Bonchev–Trinajstić information content (AvgIpc) is 2.42. The fourth-order valence-corrected chi connectivity index (χ4v) is 3.06. The molecule has 0 aromatic heterocycles. The second-order valence-electron chi connectivity index (χ2n) is 5.26. The Balaban J connectivity index is 2.34. The molecule has 0 aliphatic carbocycles. The van der Waals surface area contributed by atoms with Crippen LogP contribution in [0, 0.1) is 13.8 Å². The molecule has 0 bridgehead atoms. The highest BCUT2D eigenvalue weighted by atomic mass is 79.9. The topological polar surface area (TPSA) is 57.6 Å². The van der Waals surface area contributed by atoms with Crippen molar-refractivity contribution in [3.63, 3.8) is 0 Å². The zero-order valence-corrected chi connectivity index (χ0v) is 13.2. The molecular formula is C15H18BrNO3. The minimum Gasteiger partial charge on any atom is -0.480 e. The van der Waals surface area contributed by atoms with E-state index >= 15 is 0 Å². The van der Waals surface area contributed by atoms with Gasteiger partial charge < -0.3 is 10.0 Å². The summed E-state index contributed by atoms with van der Waals surface area (Å²) in [7, 11) is 0. The summed E-state index contributed by atoms with van der Waals surface area (Å²) in [5.41, 5.74) is 2.43. The zero-order valence-electron chi connectivity index (χ0n) is 11.6. The molecule has 0 saturated carbocycles. The molecule has 1 aromatic carbocycles. The van der Waals surface area contributed by atoms with Gasteiger partial charge in [-0.3, -0.25) is 4.79 Å². The number of aliphatic carboxylic acids is 1. The van der Waals surface area contributed by atoms with Gasteiger partial charge in [-0.25, -0.2) is 4.79 Å². The molecule has 0 spiro atoms. The van der Waals surface area contributed by atoms with E-state index in [1.165, 1.54) is 4.90 Å². The number of carboxylic acids is 1. The quantitative estimate of drug-likeness (QED) is 0.900. The number of carboxylic acid groups (broad SMARTS) is 1. The SMILES string of the molecule is Cc1cc(C(=O)N2CCCC[C@@H]2C(=O)O)c(C)cc1Br. The number of hydrogen-bond acceptors (Lipinski definition) is 2. The standard InChI is InChI=1S/C15H18BrNO3/c1-9-8-12(16)10(2)7-11(9)14(18)17-6-4-3-5-13(17)15(19)20/h7-8,13H,3-6H2,1-2H3,(H,19,20)/t13-/m1/s1.